The van der Waals surface area contributed by atoms with Crippen molar-refractivity contribution >= 4 is 23.2 Å². The maximum atomic E-state index is 5.84. The second-order valence-electron chi connectivity index (χ2n) is 9.52. The quantitative estimate of drug-likeness (QED) is 0.561. The lowest BCUT2D eigenvalue weighted by atomic mass is 9.91. The molecular formula is C24H32N6S. The van der Waals surface area contributed by atoms with Crippen molar-refractivity contribution in [1.29, 1.82) is 0 Å². The zero-order chi connectivity index (χ0) is 21.5. The summed E-state index contributed by atoms with van der Waals surface area (Å²) < 4.78 is 2.12. The van der Waals surface area contributed by atoms with E-state index in [9.17, 15) is 0 Å². The Kier molecular flexibility index (Phi) is 5.46. The van der Waals surface area contributed by atoms with Crippen LogP contribution in [0.2, 0.25) is 0 Å². The second kappa shape index (κ2) is 8.26. The minimum absolute atomic E-state index is 0.333. The Hall–Kier alpha value is -2.41. The van der Waals surface area contributed by atoms with Gasteiger partial charge in [0.2, 0.25) is 5.95 Å². The number of piperidine rings is 1. The second-order valence-corrected chi connectivity index (χ2v) is 9.94. The van der Waals surface area contributed by atoms with E-state index >= 15 is 0 Å². The molecular weight excluding hydrogens is 404 g/mol. The van der Waals surface area contributed by atoms with Crippen molar-refractivity contribution < 1.29 is 0 Å². The molecule has 6 nitrogen and oxygen atoms in total. The number of aromatic nitrogens is 3. The number of likely N-dealkylation sites (tertiary alicyclic amines) is 1. The highest BCUT2D eigenvalue weighted by Gasteiger charge is 2.43. The molecule has 3 aliphatic rings. The van der Waals surface area contributed by atoms with Crippen molar-refractivity contribution in [1.82, 2.24) is 19.7 Å². The highest BCUT2D eigenvalue weighted by molar-refractivity contribution is 7.80. The number of hydrogen-bond donors (Lipinski definition) is 2. The number of anilines is 1. The topological polar surface area (TPSA) is 72.0 Å². The van der Waals surface area contributed by atoms with Gasteiger partial charge in [-0.25, -0.2) is 4.68 Å². The molecule has 31 heavy (non-hydrogen) atoms. The number of aryl methyl sites for hydroxylation is 2. The number of nitrogens with zero attached hydrogens (tertiary/aromatic N) is 4. The molecule has 3 N–H and O–H groups in total. The van der Waals surface area contributed by atoms with Gasteiger partial charge in [-0.15, -0.1) is 5.10 Å². The third-order valence-electron chi connectivity index (χ3n) is 7.15. The predicted molar refractivity (Wildman–Crippen MR) is 128 cm³/mol. The minimum atomic E-state index is 0.333. The number of benzene rings is 1. The Morgan fingerprint density at radius 2 is 1.87 bits per heavy atom. The normalized spacial score (nSPS) is 27.8. The predicted octanol–water partition coefficient (Wildman–Crippen LogP) is 3.82. The summed E-state index contributed by atoms with van der Waals surface area (Å²) >= 11 is 5.60. The molecule has 0 spiro atoms. The van der Waals surface area contributed by atoms with Crippen LogP contribution in [0.5, 0.6) is 0 Å². The van der Waals surface area contributed by atoms with Crippen LogP contribution >= 0.6 is 12.2 Å². The Morgan fingerprint density at radius 3 is 2.55 bits per heavy atom. The lowest BCUT2D eigenvalue weighted by molar-refractivity contribution is 0.234. The molecule has 0 amide bonds. The van der Waals surface area contributed by atoms with Gasteiger partial charge >= 0.3 is 0 Å². The lowest BCUT2D eigenvalue weighted by Crippen LogP contribution is -2.49. The molecule has 1 aromatic heterocycles. The van der Waals surface area contributed by atoms with E-state index in [-0.39, 0.29) is 0 Å². The first kappa shape index (κ1) is 20.5. The molecule has 2 bridgehead atoms. The molecule has 3 heterocycles. The van der Waals surface area contributed by atoms with Crippen molar-refractivity contribution in [3.05, 3.63) is 53.0 Å². The summed E-state index contributed by atoms with van der Waals surface area (Å²) in [5, 5.41) is 8.59. The zero-order valence-corrected chi connectivity index (χ0v) is 19.2. The first-order chi connectivity index (χ1) is 15.0. The summed E-state index contributed by atoms with van der Waals surface area (Å²) in [6.07, 6.45) is 6.65. The van der Waals surface area contributed by atoms with E-state index in [1.165, 1.54) is 24.0 Å². The van der Waals surface area contributed by atoms with Crippen LogP contribution in [-0.4, -0.2) is 43.8 Å². The van der Waals surface area contributed by atoms with E-state index in [1.54, 1.807) is 0 Å². The van der Waals surface area contributed by atoms with Crippen LogP contribution in [0.1, 0.15) is 55.5 Å². The van der Waals surface area contributed by atoms with E-state index in [4.69, 9.17) is 28.0 Å². The van der Waals surface area contributed by atoms with Crippen LogP contribution in [0.25, 0.3) is 0 Å². The summed E-state index contributed by atoms with van der Waals surface area (Å²) in [4.78, 5) is 8.18. The van der Waals surface area contributed by atoms with Crippen molar-refractivity contribution in [3.63, 3.8) is 0 Å². The molecule has 3 unspecified atom stereocenters. The number of nitrogens with one attached hydrogen (secondary N) is 1. The number of hydrogen-bond acceptors (Lipinski definition) is 5. The molecule has 1 saturated carbocycles. The molecule has 5 rings (SSSR count). The smallest absolute Gasteiger partial charge is 0.242 e. The molecule has 1 saturated heterocycles. The Labute approximate surface area is 189 Å². The van der Waals surface area contributed by atoms with Gasteiger partial charge in [-0.2, -0.15) is 4.98 Å². The molecule has 4 atom stereocenters. The van der Waals surface area contributed by atoms with Gasteiger partial charge in [0.1, 0.15) is 10.8 Å². The summed E-state index contributed by atoms with van der Waals surface area (Å²) in [5.41, 5.74) is 9.25. The zero-order valence-electron chi connectivity index (χ0n) is 18.4. The molecule has 2 fully saturated rings. The third-order valence-corrected chi connectivity index (χ3v) is 7.52. The van der Waals surface area contributed by atoms with Gasteiger partial charge in [0.15, 0.2) is 0 Å². The summed E-state index contributed by atoms with van der Waals surface area (Å²) in [5.74, 6) is 3.37. The van der Waals surface area contributed by atoms with Gasteiger partial charge in [0, 0.05) is 37.3 Å². The molecule has 7 heteroatoms. The van der Waals surface area contributed by atoms with E-state index < -0.39 is 0 Å². The summed E-state index contributed by atoms with van der Waals surface area (Å²) in [6, 6.07) is 9.30. The largest absolute Gasteiger partial charge is 0.402 e. The van der Waals surface area contributed by atoms with E-state index in [1.807, 2.05) is 13.0 Å². The third kappa shape index (κ3) is 4.07. The molecule has 0 radical (unpaired) electrons. The fourth-order valence-corrected chi connectivity index (χ4v) is 5.93. The number of fused-ring (bicyclic) bond motifs is 3. The Morgan fingerprint density at radius 1 is 1.16 bits per heavy atom. The van der Waals surface area contributed by atoms with Gasteiger partial charge in [-0.05, 0) is 63.0 Å². The van der Waals surface area contributed by atoms with Gasteiger partial charge in [0.25, 0.3) is 0 Å². The summed E-state index contributed by atoms with van der Waals surface area (Å²) in [6.45, 7) is 6.95. The monoisotopic (exact) mass is 436 g/mol. The van der Waals surface area contributed by atoms with Crippen LogP contribution in [0.4, 0.5) is 5.95 Å². The van der Waals surface area contributed by atoms with E-state index in [0.717, 1.165) is 54.9 Å². The highest BCUT2D eigenvalue weighted by Crippen LogP contribution is 2.39. The van der Waals surface area contributed by atoms with Crippen molar-refractivity contribution in [2.75, 3.05) is 18.4 Å². The average molecular weight is 437 g/mol. The van der Waals surface area contributed by atoms with Crippen molar-refractivity contribution in [2.45, 2.75) is 58.0 Å². The molecule has 164 valence electrons. The Bertz CT molecular complexity index is 976. The molecule has 2 aromatic rings. The summed E-state index contributed by atoms with van der Waals surface area (Å²) in [7, 11) is 0. The fraction of sp³-hybridized carbons (Fsp3) is 0.542. The Balaban J connectivity index is 1.31. The van der Waals surface area contributed by atoms with Crippen LogP contribution in [0.3, 0.4) is 0 Å². The van der Waals surface area contributed by atoms with E-state index in [2.05, 4.69) is 46.1 Å². The molecule has 2 aliphatic heterocycles. The fourth-order valence-electron chi connectivity index (χ4n) is 5.60. The lowest BCUT2D eigenvalue weighted by Gasteiger charge is -2.39. The van der Waals surface area contributed by atoms with Gasteiger partial charge < -0.3 is 16.0 Å². The van der Waals surface area contributed by atoms with Gasteiger partial charge in [-0.1, -0.05) is 42.0 Å². The van der Waals surface area contributed by atoms with E-state index in [0.29, 0.717) is 23.8 Å². The number of nitrogens with two attached hydrogens (primary N) is 1. The van der Waals surface area contributed by atoms with Crippen LogP contribution in [-0.2, 0) is 6.54 Å². The molecule has 1 aromatic carbocycles. The van der Waals surface area contributed by atoms with Crippen LogP contribution in [0.15, 0.2) is 36.0 Å². The maximum Gasteiger partial charge on any atom is 0.242 e. The number of rotatable bonds is 4. The van der Waals surface area contributed by atoms with Gasteiger partial charge in [0.05, 0.1) is 0 Å². The minimum Gasteiger partial charge on any atom is -0.402 e. The van der Waals surface area contributed by atoms with Crippen molar-refractivity contribution in [3.8, 4) is 0 Å². The van der Waals surface area contributed by atoms with Crippen LogP contribution < -0.4 is 11.1 Å². The molecule has 1 aliphatic carbocycles. The van der Waals surface area contributed by atoms with Crippen molar-refractivity contribution in [2.24, 2.45) is 17.6 Å². The maximum absolute atomic E-state index is 5.84. The number of allylic oxidation sites excluding steroid dienone is 1. The standard InChI is InChI=1S/C24H32N6S/c1-15-5-7-17(8-6-15)20-4-3-11-30-23(20)27-24(28-30)26-22-18-9-10-19(22)14-29(13-18)21(31)12-16(2)25/h5-8,12,18-20,22H,3-4,9-11,13-14,25H2,1-2H3,(H,26,28)/t18-,19?,20?,22?/m0/s1. The highest BCUT2D eigenvalue weighted by atomic mass is 32.1. The van der Waals surface area contributed by atoms with Crippen LogP contribution in [0, 0.1) is 18.8 Å². The first-order valence-corrected chi connectivity index (χ1v) is 11.9. The average Bonchev–Trinajstić information content (AvgIpc) is 3.24. The SMILES string of the molecule is CC(N)=CC(=S)N1CC2CC[C@@H](C1)C2Nc1nc2n(n1)CCCC2c1ccc(C)cc1. The first-order valence-electron chi connectivity index (χ1n) is 11.5. The van der Waals surface area contributed by atoms with Gasteiger partial charge in [-0.3, -0.25) is 0 Å². The number of thiocarbonyl (C=S) groups is 1.